The summed E-state index contributed by atoms with van der Waals surface area (Å²) < 4.78 is 3.17. The van der Waals surface area contributed by atoms with Crippen LogP contribution in [0, 0.1) is 16.0 Å². The summed E-state index contributed by atoms with van der Waals surface area (Å²) in [6.45, 7) is 6.71. The summed E-state index contributed by atoms with van der Waals surface area (Å²) in [5.74, 6) is 0.512. The van der Waals surface area contributed by atoms with Gasteiger partial charge in [-0.2, -0.15) is 0 Å². The molecule has 1 heterocycles. The van der Waals surface area contributed by atoms with Crippen LogP contribution in [0.1, 0.15) is 26.3 Å². The fourth-order valence-electron chi connectivity index (χ4n) is 2.23. The molecular weight excluding hydrogens is 320 g/mol. The molecule has 0 atom stereocenters. The molecule has 0 saturated carbocycles. The molecule has 1 aromatic heterocycles. The van der Waals surface area contributed by atoms with E-state index in [4.69, 9.17) is 0 Å². The van der Waals surface area contributed by atoms with Gasteiger partial charge in [-0.15, -0.1) is 0 Å². The molecular formula is C15H17BrN2O2. The zero-order chi connectivity index (χ0) is 14.9. The number of nitrogens with zero attached hydrogens (tertiary/aromatic N) is 2. The van der Waals surface area contributed by atoms with Crippen molar-refractivity contribution in [2.75, 3.05) is 0 Å². The maximum Gasteiger partial charge on any atom is 0.243 e. The van der Waals surface area contributed by atoms with Crippen LogP contribution < -0.4 is 0 Å². The maximum atomic E-state index is 10.8. The van der Waals surface area contributed by atoms with E-state index in [0.29, 0.717) is 5.92 Å². The van der Waals surface area contributed by atoms with Gasteiger partial charge >= 0.3 is 0 Å². The van der Waals surface area contributed by atoms with Crippen molar-refractivity contribution in [1.29, 1.82) is 0 Å². The number of aromatic nitrogens is 1. The normalized spacial score (nSPS) is 12.3. The van der Waals surface area contributed by atoms with Crippen LogP contribution in [0.2, 0.25) is 0 Å². The monoisotopic (exact) mass is 336 g/mol. The molecule has 0 aliphatic rings. The SMILES string of the molecule is C/C(=C\c1cn(CC(C)C)c2cc(Br)ccc12)[N+](=O)[O-]. The summed E-state index contributed by atoms with van der Waals surface area (Å²) in [7, 11) is 0. The van der Waals surface area contributed by atoms with E-state index < -0.39 is 0 Å². The molecule has 0 N–H and O–H groups in total. The molecule has 5 heteroatoms. The molecule has 0 amide bonds. The number of rotatable bonds is 4. The van der Waals surface area contributed by atoms with Gasteiger partial charge in [-0.1, -0.05) is 35.8 Å². The molecule has 0 aliphatic heterocycles. The van der Waals surface area contributed by atoms with Crippen molar-refractivity contribution in [3.63, 3.8) is 0 Å². The van der Waals surface area contributed by atoms with Gasteiger partial charge < -0.3 is 4.57 Å². The van der Waals surface area contributed by atoms with E-state index in [1.54, 1.807) is 6.08 Å². The van der Waals surface area contributed by atoms with E-state index in [2.05, 4.69) is 40.4 Å². The second-order valence-corrected chi connectivity index (χ2v) is 6.25. The highest BCUT2D eigenvalue weighted by Gasteiger charge is 2.11. The summed E-state index contributed by atoms with van der Waals surface area (Å²) in [5, 5.41) is 11.8. The second-order valence-electron chi connectivity index (χ2n) is 5.33. The first kappa shape index (κ1) is 14.8. The Morgan fingerprint density at radius 3 is 2.80 bits per heavy atom. The molecule has 0 spiro atoms. The first-order valence-corrected chi connectivity index (χ1v) is 7.29. The summed E-state index contributed by atoms with van der Waals surface area (Å²) in [6, 6.07) is 6.01. The van der Waals surface area contributed by atoms with Crippen LogP contribution in [-0.4, -0.2) is 9.49 Å². The van der Waals surface area contributed by atoms with E-state index in [1.807, 2.05) is 18.3 Å². The van der Waals surface area contributed by atoms with Crippen LogP contribution >= 0.6 is 15.9 Å². The Balaban J connectivity index is 2.61. The fourth-order valence-corrected chi connectivity index (χ4v) is 2.58. The summed E-state index contributed by atoms with van der Waals surface area (Å²) in [6.07, 6.45) is 3.62. The molecule has 106 valence electrons. The van der Waals surface area contributed by atoms with Crippen LogP contribution in [0.25, 0.3) is 17.0 Å². The standard InChI is InChI=1S/C15H17BrN2O2/c1-10(2)8-17-9-12(6-11(3)18(19)20)14-5-4-13(16)7-15(14)17/h4-7,9-10H,8H2,1-3H3/b11-6+. The van der Waals surface area contributed by atoms with Gasteiger partial charge in [0, 0.05) is 46.7 Å². The first-order valence-electron chi connectivity index (χ1n) is 6.49. The van der Waals surface area contributed by atoms with Crippen LogP contribution in [0.5, 0.6) is 0 Å². The maximum absolute atomic E-state index is 10.8. The predicted octanol–water partition coefficient (Wildman–Crippen LogP) is 4.70. The van der Waals surface area contributed by atoms with Gasteiger partial charge in [-0.3, -0.25) is 10.1 Å². The molecule has 4 nitrogen and oxygen atoms in total. The van der Waals surface area contributed by atoms with Crippen molar-refractivity contribution in [3.05, 3.63) is 50.2 Å². The molecule has 1 aromatic carbocycles. The molecule has 0 saturated heterocycles. The van der Waals surface area contributed by atoms with Gasteiger partial charge in [-0.25, -0.2) is 0 Å². The largest absolute Gasteiger partial charge is 0.347 e. The average Bonchev–Trinajstić information content (AvgIpc) is 2.66. The third-order valence-corrected chi connectivity index (χ3v) is 3.58. The molecule has 0 unspecified atom stereocenters. The van der Waals surface area contributed by atoms with E-state index in [-0.39, 0.29) is 10.6 Å². The Morgan fingerprint density at radius 1 is 1.50 bits per heavy atom. The van der Waals surface area contributed by atoms with E-state index in [1.165, 1.54) is 6.92 Å². The average molecular weight is 337 g/mol. The van der Waals surface area contributed by atoms with Crippen LogP contribution in [-0.2, 0) is 6.54 Å². The highest BCUT2D eigenvalue weighted by molar-refractivity contribution is 9.10. The van der Waals surface area contributed by atoms with E-state index in [9.17, 15) is 10.1 Å². The van der Waals surface area contributed by atoms with Crippen molar-refractivity contribution >= 4 is 32.9 Å². The topological polar surface area (TPSA) is 48.1 Å². The molecule has 20 heavy (non-hydrogen) atoms. The molecule has 2 aromatic rings. The lowest BCUT2D eigenvalue weighted by atomic mass is 10.1. The number of nitro groups is 1. The lowest BCUT2D eigenvalue weighted by Gasteiger charge is -2.08. The van der Waals surface area contributed by atoms with Crippen molar-refractivity contribution in [3.8, 4) is 0 Å². The Morgan fingerprint density at radius 2 is 2.20 bits per heavy atom. The Labute approximate surface area is 126 Å². The number of allylic oxidation sites excluding steroid dienone is 1. The zero-order valence-corrected chi connectivity index (χ0v) is 13.3. The highest BCUT2D eigenvalue weighted by atomic mass is 79.9. The number of fused-ring (bicyclic) bond motifs is 1. The Bertz CT molecular complexity index is 686. The minimum absolute atomic E-state index is 0.150. The van der Waals surface area contributed by atoms with Crippen LogP contribution in [0.4, 0.5) is 0 Å². The zero-order valence-electron chi connectivity index (χ0n) is 11.8. The van der Waals surface area contributed by atoms with Gasteiger partial charge in [-0.05, 0) is 18.1 Å². The van der Waals surface area contributed by atoms with Gasteiger partial charge in [0.15, 0.2) is 0 Å². The van der Waals surface area contributed by atoms with Gasteiger partial charge in [0.05, 0.1) is 4.92 Å². The Hall–Kier alpha value is -1.62. The number of benzene rings is 1. The van der Waals surface area contributed by atoms with Crippen molar-refractivity contribution in [2.24, 2.45) is 5.92 Å². The number of hydrogen-bond acceptors (Lipinski definition) is 2. The molecule has 0 fully saturated rings. The first-order chi connectivity index (χ1) is 9.38. The highest BCUT2D eigenvalue weighted by Crippen LogP contribution is 2.27. The lowest BCUT2D eigenvalue weighted by molar-refractivity contribution is -0.422. The van der Waals surface area contributed by atoms with Crippen LogP contribution in [0.3, 0.4) is 0 Å². The quantitative estimate of drug-likeness (QED) is 0.600. The number of halogens is 1. The lowest BCUT2D eigenvalue weighted by Crippen LogP contribution is -2.02. The minimum Gasteiger partial charge on any atom is -0.347 e. The van der Waals surface area contributed by atoms with Crippen molar-refractivity contribution in [1.82, 2.24) is 4.57 Å². The Kier molecular flexibility index (Phi) is 4.28. The summed E-state index contributed by atoms with van der Waals surface area (Å²) in [4.78, 5) is 10.4. The molecule has 0 aliphatic carbocycles. The van der Waals surface area contributed by atoms with Gasteiger partial charge in [0.1, 0.15) is 0 Å². The minimum atomic E-state index is -0.357. The van der Waals surface area contributed by atoms with Crippen molar-refractivity contribution < 1.29 is 4.92 Å². The molecule has 0 bridgehead atoms. The van der Waals surface area contributed by atoms with E-state index >= 15 is 0 Å². The second kappa shape index (κ2) is 5.79. The van der Waals surface area contributed by atoms with E-state index in [0.717, 1.165) is 27.5 Å². The predicted molar refractivity (Wildman–Crippen MR) is 85.1 cm³/mol. The molecule has 2 rings (SSSR count). The summed E-state index contributed by atoms with van der Waals surface area (Å²) in [5.41, 5.74) is 2.13. The van der Waals surface area contributed by atoms with Gasteiger partial charge in [0.25, 0.3) is 0 Å². The number of hydrogen-bond donors (Lipinski definition) is 0. The van der Waals surface area contributed by atoms with Crippen LogP contribution in [0.15, 0.2) is 34.6 Å². The third kappa shape index (κ3) is 3.10. The summed E-state index contributed by atoms with van der Waals surface area (Å²) >= 11 is 3.48. The van der Waals surface area contributed by atoms with Crippen molar-refractivity contribution in [2.45, 2.75) is 27.3 Å². The fraction of sp³-hybridized carbons (Fsp3) is 0.333. The smallest absolute Gasteiger partial charge is 0.243 e. The molecule has 0 radical (unpaired) electrons. The third-order valence-electron chi connectivity index (χ3n) is 3.09. The van der Waals surface area contributed by atoms with Gasteiger partial charge in [0.2, 0.25) is 5.70 Å².